The van der Waals surface area contributed by atoms with E-state index in [4.69, 9.17) is 10.2 Å². The van der Waals surface area contributed by atoms with Crippen molar-refractivity contribution in [3.05, 3.63) is 54.8 Å². The first-order chi connectivity index (χ1) is 9.36. The Kier molecular flexibility index (Phi) is 3.13. The maximum Gasteiger partial charge on any atom is 0.295 e. The Balaban J connectivity index is 2.69. The average molecular weight is 278 g/mol. The molecule has 0 fully saturated rings. The van der Waals surface area contributed by atoms with Gasteiger partial charge in [-0.15, -0.1) is 0 Å². The van der Waals surface area contributed by atoms with Crippen LogP contribution in [0.25, 0.3) is 11.3 Å². The summed E-state index contributed by atoms with van der Waals surface area (Å²) in [5.74, 6) is -0.144. The number of nitrogens with two attached hydrogens (primary N) is 1. The van der Waals surface area contributed by atoms with Crippen LogP contribution >= 0.6 is 0 Å². The molecule has 0 amide bonds. The van der Waals surface area contributed by atoms with E-state index in [2.05, 4.69) is 4.98 Å². The Hall–Kier alpha value is -3.30. The van der Waals surface area contributed by atoms with Crippen LogP contribution < -0.4 is 11.3 Å². The maximum absolute atomic E-state index is 11.2. The van der Waals surface area contributed by atoms with E-state index in [1.807, 2.05) is 0 Å². The zero-order valence-corrected chi connectivity index (χ0v) is 9.68. The number of benzene rings is 1. The summed E-state index contributed by atoms with van der Waals surface area (Å²) in [4.78, 5) is 34.4. The van der Waals surface area contributed by atoms with Crippen LogP contribution in [0.5, 0.6) is 0 Å². The molecular formula is C10H6N4O6. The number of anilines is 1. The van der Waals surface area contributed by atoms with Crippen LogP contribution in [0.1, 0.15) is 0 Å². The molecule has 2 aromatic rings. The van der Waals surface area contributed by atoms with E-state index in [9.17, 15) is 25.0 Å². The second-order valence-corrected chi connectivity index (χ2v) is 3.65. The van der Waals surface area contributed by atoms with E-state index >= 15 is 0 Å². The summed E-state index contributed by atoms with van der Waals surface area (Å²) in [6.45, 7) is 0. The first kappa shape index (κ1) is 13.1. The fourth-order valence-electron chi connectivity index (χ4n) is 1.51. The monoisotopic (exact) mass is 278 g/mol. The predicted molar refractivity (Wildman–Crippen MR) is 65.9 cm³/mol. The number of nitrogens with zero attached hydrogens (tertiary/aromatic N) is 3. The number of nitro groups is 2. The molecule has 0 bridgehead atoms. The molecule has 0 saturated carbocycles. The Labute approximate surface area is 109 Å². The lowest BCUT2D eigenvalue weighted by Crippen LogP contribution is -2.07. The third-order valence-electron chi connectivity index (χ3n) is 2.30. The summed E-state index contributed by atoms with van der Waals surface area (Å²) in [5, 5.41) is 21.5. The van der Waals surface area contributed by atoms with Gasteiger partial charge in [0.25, 0.3) is 22.9 Å². The fourth-order valence-corrected chi connectivity index (χ4v) is 1.51. The Bertz CT molecular complexity index is 736. The van der Waals surface area contributed by atoms with Crippen LogP contribution in [0.2, 0.25) is 0 Å². The summed E-state index contributed by atoms with van der Waals surface area (Å²) in [6, 6.07) is 3.35. The molecule has 0 atom stereocenters. The second-order valence-electron chi connectivity index (χ2n) is 3.65. The topological polar surface area (TPSA) is 155 Å². The van der Waals surface area contributed by atoms with Crippen molar-refractivity contribution in [2.45, 2.75) is 0 Å². The van der Waals surface area contributed by atoms with Gasteiger partial charge in [-0.05, 0) is 0 Å². The minimum atomic E-state index is -0.793. The lowest BCUT2D eigenvalue weighted by Gasteiger charge is -2.01. The van der Waals surface area contributed by atoms with Gasteiger partial charge in [0.2, 0.25) is 0 Å². The highest BCUT2D eigenvalue weighted by Gasteiger charge is 2.18. The smallest absolute Gasteiger partial charge is 0.295 e. The van der Waals surface area contributed by atoms with Crippen molar-refractivity contribution in [1.82, 2.24) is 4.98 Å². The molecule has 0 radical (unpaired) electrons. The molecule has 10 heteroatoms. The minimum absolute atomic E-state index is 0.0166. The Morgan fingerprint density at radius 2 is 1.60 bits per heavy atom. The highest BCUT2D eigenvalue weighted by Crippen LogP contribution is 2.29. The fraction of sp³-hybridized carbons (Fsp3) is 0. The number of nitrogen functional groups attached to an aromatic ring is 1. The molecule has 0 spiro atoms. The van der Waals surface area contributed by atoms with Crippen molar-refractivity contribution in [3.63, 3.8) is 0 Å². The molecular weight excluding hydrogens is 272 g/mol. The molecule has 0 aliphatic heterocycles. The van der Waals surface area contributed by atoms with Crippen molar-refractivity contribution in [3.8, 4) is 11.3 Å². The van der Waals surface area contributed by atoms with Crippen LogP contribution in [-0.2, 0) is 0 Å². The van der Waals surface area contributed by atoms with E-state index in [1.165, 1.54) is 0 Å². The van der Waals surface area contributed by atoms with Crippen molar-refractivity contribution in [2.24, 2.45) is 0 Å². The first-order valence-corrected chi connectivity index (χ1v) is 5.09. The number of rotatable bonds is 3. The number of hydrogen-bond donors (Lipinski definition) is 1. The van der Waals surface area contributed by atoms with Gasteiger partial charge < -0.3 is 10.2 Å². The van der Waals surface area contributed by atoms with Crippen molar-refractivity contribution >= 4 is 17.4 Å². The number of non-ortho nitro benzene ring substituents is 2. The molecule has 10 nitrogen and oxygen atoms in total. The molecule has 0 unspecified atom stereocenters. The normalized spacial score (nSPS) is 10.2. The molecule has 2 rings (SSSR count). The predicted octanol–water partition coefficient (Wildman–Crippen LogP) is 1.10. The van der Waals surface area contributed by atoms with Crippen LogP contribution in [0.4, 0.5) is 17.4 Å². The van der Waals surface area contributed by atoms with Crippen LogP contribution in [0, 0.1) is 20.2 Å². The molecule has 2 N–H and O–H groups in total. The number of aromatic nitrogens is 1. The molecule has 20 heavy (non-hydrogen) atoms. The quantitative estimate of drug-likeness (QED) is 0.645. The molecule has 0 aliphatic carbocycles. The zero-order chi connectivity index (χ0) is 14.9. The van der Waals surface area contributed by atoms with Crippen LogP contribution in [0.3, 0.4) is 0 Å². The second kappa shape index (κ2) is 4.76. The summed E-state index contributed by atoms with van der Waals surface area (Å²) < 4.78 is 4.94. The maximum atomic E-state index is 11.2. The molecule has 0 saturated heterocycles. The van der Waals surface area contributed by atoms with Crippen LogP contribution in [0.15, 0.2) is 33.5 Å². The Morgan fingerprint density at radius 1 is 1.05 bits per heavy atom. The molecule has 1 heterocycles. The standard InChI is InChI=1S/C10H6N4O6/c11-10-12-9(15)4-8(20-10)5-1-6(13(16)17)3-7(2-5)14(18)19/h1-4H,(H2,11,12,15). The van der Waals surface area contributed by atoms with Gasteiger partial charge in [-0.25, -0.2) is 0 Å². The Morgan fingerprint density at radius 3 is 2.05 bits per heavy atom. The first-order valence-electron chi connectivity index (χ1n) is 5.09. The van der Waals surface area contributed by atoms with E-state index in [-0.39, 0.29) is 11.3 Å². The molecule has 102 valence electrons. The van der Waals surface area contributed by atoms with E-state index in [0.29, 0.717) is 0 Å². The minimum Gasteiger partial charge on any atom is -0.425 e. The number of hydrogen-bond acceptors (Lipinski definition) is 8. The number of nitro benzene ring substituents is 2. The van der Waals surface area contributed by atoms with E-state index in [0.717, 1.165) is 24.3 Å². The zero-order valence-electron chi connectivity index (χ0n) is 9.68. The summed E-state index contributed by atoms with van der Waals surface area (Å²) in [7, 11) is 0. The van der Waals surface area contributed by atoms with E-state index in [1.54, 1.807) is 0 Å². The highest BCUT2D eigenvalue weighted by molar-refractivity contribution is 5.65. The summed E-state index contributed by atoms with van der Waals surface area (Å²) >= 11 is 0. The van der Waals surface area contributed by atoms with Gasteiger partial charge in [-0.1, -0.05) is 0 Å². The van der Waals surface area contributed by atoms with Gasteiger partial charge in [-0.2, -0.15) is 4.98 Å². The SMILES string of the molecule is Nc1nc(=O)cc(-c2cc([N+](=O)[O-])cc([N+](=O)[O-])c2)o1. The lowest BCUT2D eigenvalue weighted by atomic mass is 10.1. The van der Waals surface area contributed by atoms with Crippen LogP contribution in [-0.4, -0.2) is 14.8 Å². The van der Waals surface area contributed by atoms with Gasteiger partial charge in [-0.3, -0.25) is 25.0 Å². The van der Waals surface area contributed by atoms with Gasteiger partial charge in [0, 0.05) is 23.8 Å². The van der Waals surface area contributed by atoms with Crippen molar-refractivity contribution in [1.29, 1.82) is 0 Å². The van der Waals surface area contributed by atoms with Gasteiger partial charge in [0.1, 0.15) is 5.76 Å². The van der Waals surface area contributed by atoms with E-state index < -0.39 is 32.8 Å². The summed E-state index contributed by atoms with van der Waals surface area (Å²) in [5.41, 5.74) is 3.49. The van der Waals surface area contributed by atoms with Gasteiger partial charge in [0.05, 0.1) is 15.9 Å². The van der Waals surface area contributed by atoms with Crippen molar-refractivity contribution in [2.75, 3.05) is 5.73 Å². The third kappa shape index (κ3) is 2.58. The third-order valence-corrected chi connectivity index (χ3v) is 2.30. The molecule has 0 aliphatic rings. The average Bonchev–Trinajstić information content (AvgIpc) is 2.36. The lowest BCUT2D eigenvalue weighted by molar-refractivity contribution is -0.394. The van der Waals surface area contributed by atoms with Gasteiger partial charge >= 0.3 is 0 Å². The molecule has 1 aromatic carbocycles. The highest BCUT2D eigenvalue weighted by atomic mass is 16.6. The largest absolute Gasteiger partial charge is 0.425 e. The summed E-state index contributed by atoms with van der Waals surface area (Å²) in [6.07, 6.45) is 0. The molecule has 1 aromatic heterocycles. The van der Waals surface area contributed by atoms with Crippen molar-refractivity contribution < 1.29 is 14.3 Å². The van der Waals surface area contributed by atoms with Gasteiger partial charge in [0.15, 0.2) is 0 Å².